The molecular weight excluding hydrogens is 131 g/mol. The molecule has 40 valence electrons. The SMILES string of the molecule is ClC#CCCCCl. The van der Waals surface area contributed by atoms with Crippen LogP contribution < -0.4 is 0 Å². The van der Waals surface area contributed by atoms with Crippen molar-refractivity contribution in [1.82, 2.24) is 0 Å². The van der Waals surface area contributed by atoms with Gasteiger partial charge in [0.25, 0.3) is 0 Å². The Bertz CT molecular complexity index is 77.8. The highest BCUT2D eigenvalue weighted by Gasteiger charge is 1.74. The van der Waals surface area contributed by atoms with Gasteiger partial charge in [-0.05, 0) is 18.0 Å². The number of hydrogen-bond acceptors (Lipinski definition) is 0. The van der Waals surface area contributed by atoms with Gasteiger partial charge in [0, 0.05) is 17.7 Å². The molecule has 0 nitrogen and oxygen atoms in total. The van der Waals surface area contributed by atoms with Crippen LogP contribution in [-0.2, 0) is 0 Å². The van der Waals surface area contributed by atoms with Gasteiger partial charge in [-0.1, -0.05) is 5.92 Å². The van der Waals surface area contributed by atoms with Crippen LogP contribution in [0.4, 0.5) is 0 Å². The lowest BCUT2D eigenvalue weighted by atomic mass is 10.4. The van der Waals surface area contributed by atoms with E-state index in [0.29, 0.717) is 5.88 Å². The van der Waals surface area contributed by atoms with Gasteiger partial charge < -0.3 is 0 Å². The van der Waals surface area contributed by atoms with E-state index in [-0.39, 0.29) is 0 Å². The minimum Gasteiger partial charge on any atom is -0.127 e. The fourth-order valence-corrected chi connectivity index (χ4v) is 0.431. The van der Waals surface area contributed by atoms with Crippen molar-refractivity contribution >= 4 is 23.2 Å². The number of hydrogen-bond donors (Lipinski definition) is 0. The van der Waals surface area contributed by atoms with Gasteiger partial charge in [-0.15, -0.1) is 11.6 Å². The standard InChI is InChI=1S/C5H6Cl2/c6-4-2-1-3-5-7/h1-2,4H2. The highest BCUT2D eigenvalue weighted by Crippen LogP contribution is 1.88. The monoisotopic (exact) mass is 136 g/mol. The van der Waals surface area contributed by atoms with Gasteiger partial charge >= 0.3 is 0 Å². The predicted octanol–water partition coefficient (Wildman–Crippen LogP) is 2.21. The van der Waals surface area contributed by atoms with E-state index in [2.05, 4.69) is 11.3 Å². The van der Waals surface area contributed by atoms with Crippen LogP contribution >= 0.6 is 23.2 Å². The maximum atomic E-state index is 5.33. The van der Waals surface area contributed by atoms with Crippen molar-refractivity contribution in [3.8, 4) is 11.3 Å². The molecular formula is C5H6Cl2. The van der Waals surface area contributed by atoms with Crippen molar-refractivity contribution in [3.05, 3.63) is 0 Å². The van der Waals surface area contributed by atoms with Crippen molar-refractivity contribution < 1.29 is 0 Å². The molecule has 0 radical (unpaired) electrons. The van der Waals surface area contributed by atoms with E-state index in [1.54, 1.807) is 0 Å². The van der Waals surface area contributed by atoms with Crippen LogP contribution in [0.25, 0.3) is 0 Å². The Labute approximate surface area is 53.8 Å². The largest absolute Gasteiger partial charge is 0.127 e. The van der Waals surface area contributed by atoms with Gasteiger partial charge in [0.15, 0.2) is 0 Å². The Hall–Kier alpha value is 0.140. The first kappa shape index (κ1) is 7.14. The van der Waals surface area contributed by atoms with E-state index in [0.717, 1.165) is 12.8 Å². The summed E-state index contributed by atoms with van der Waals surface area (Å²) in [6.07, 6.45) is 1.74. The molecule has 0 spiro atoms. The van der Waals surface area contributed by atoms with Gasteiger partial charge in [0.2, 0.25) is 0 Å². The Balaban J connectivity index is 2.78. The Morgan fingerprint density at radius 1 is 1.43 bits per heavy atom. The van der Waals surface area contributed by atoms with Crippen LogP contribution in [0.15, 0.2) is 0 Å². The molecule has 0 unspecified atom stereocenters. The fourth-order valence-electron chi connectivity index (χ4n) is 0.202. The molecule has 0 bridgehead atoms. The first-order valence-electron chi connectivity index (χ1n) is 2.06. The third-order valence-corrected chi connectivity index (χ3v) is 0.903. The lowest BCUT2D eigenvalue weighted by molar-refractivity contribution is 0.992. The summed E-state index contributed by atoms with van der Waals surface area (Å²) in [7, 11) is 0. The van der Waals surface area contributed by atoms with E-state index >= 15 is 0 Å². The maximum Gasteiger partial charge on any atom is 0.0232 e. The van der Waals surface area contributed by atoms with Crippen LogP contribution in [-0.4, -0.2) is 5.88 Å². The average Bonchev–Trinajstić information content (AvgIpc) is 1.69. The second kappa shape index (κ2) is 6.14. The Morgan fingerprint density at radius 3 is 2.57 bits per heavy atom. The Morgan fingerprint density at radius 2 is 2.14 bits per heavy atom. The molecule has 2 heteroatoms. The summed E-state index contributed by atoms with van der Waals surface area (Å²) in [4.78, 5) is 0. The summed E-state index contributed by atoms with van der Waals surface area (Å²) in [5.41, 5.74) is 0. The number of unbranched alkanes of at least 4 members (excludes halogenated alkanes) is 1. The summed E-state index contributed by atoms with van der Waals surface area (Å²) < 4.78 is 0. The fraction of sp³-hybridized carbons (Fsp3) is 0.600. The van der Waals surface area contributed by atoms with Crippen molar-refractivity contribution in [2.45, 2.75) is 12.8 Å². The molecule has 0 atom stereocenters. The van der Waals surface area contributed by atoms with E-state index in [1.165, 1.54) is 0 Å². The van der Waals surface area contributed by atoms with E-state index < -0.39 is 0 Å². The molecule has 0 aliphatic rings. The number of alkyl halides is 1. The average molecular weight is 137 g/mol. The minimum absolute atomic E-state index is 0.672. The Kier molecular flexibility index (Phi) is 6.26. The van der Waals surface area contributed by atoms with Crippen molar-refractivity contribution in [3.63, 3.8) is 0 Å². The van der Waals surface area contributed by atoms with Crippen LogP contribution in [0.3, 0.4) is 0 Å². The summed E-state index contributed by atoms with van der Waals surface area (Å²) in [6, 6.07) is 0. The third kappa shape index (κ3) is 6.14. The van der Waals surface area contributed by atoms with Crippen molar-refractivity contribution in [1.29, 1.82) is 0 Å². The van der Waals surface area contributed by atoms with Gasteiger partial charge in [-0.25, -0.2) is 0 Å². The van der Waals surface area contributed by atoms with Gasteiger partial charge in [0.1, 0.15) is 0 Å². The van der Waals surface area contributed by atoms with Crippen molar-refractivity contribution in [2.24, 2.45) is 0 Å². The summed E-state index contributed by atoms with van der Waals surface area (Å²) in [5.74, 6) is 3.35. The smallest absolute Gasteiger partial charge is 0.0232 e. The number of rotatable bonds is 2. The highest BCUT2D eigenvalue weighted by atomic mass is 35.5. The van der Waals surface area contributed by atoms with Gasteiger partial charge in [-0.3, -0.25) is 0 Å². The summed E-state index contributed by atoms with van der Waals surface area (Å²) in [6.45, 7) is 0. The molecule has 0 rings (SSSR count). The second-order valence-electron chi connectivity index (χ2n) is 1.06. The number of halogens is 2. The van der Waals surface area contributed by atoms with E-state index in [1.807, 2.05) is 0 Å². The molecule has 0 aromatic carbocycles. The van der Waals surface area contributed by atoms with Gasteiger partial charge in [-0.2, -0.15) is 0 Å². The molecule has 7 heavy (non-hydrogen) atoms. The zero-order chi connectivity index (χ0) is 5.54. The molecule has 0 amide bonds. The maximum absolute atomic E-state index is 5.33. The summed E-state index contributed by atoms with van der Waals surface area (Å²) in [5, 5.41) is 2.27. The molecule has 0 aromatic rings. The molecule has 0 fully saturated rings. The minimum atomic E-state index is 0.672. The molecule has 0 aliphatic heterocycles. The van der Waals surface area contributed by atoms with Crippen LogP contribution in [0.1, 0.15) is 12.8 Å². The first-order chi connectivity index (χ1) is 3.41. The highest BCUT2D eigenvalue weighted by molar-refractivity contribution is 6.30. The topological polar surface area (TPSA) is 0 Å². The first-order valence-corrected chi connectivity index (χ1v) is 2.97. The lowest BCUT2D eigenvalue weighted by Gasteiger charge is -1.78. The zero-order valence-electron chi connectivity index (χ0n) is 3.88. The molecule has 0 saturated heterocycles. The van der Waals surface area contributed by atoms with E-state index in [9.17, 15) is 0 Å². The third-order valence-electron chi connectivity index (χ3n) is 0.502. The predicted molar refractivity (Wildman–Crippen MR) is 33.6 cm³/mol. The van der Waals surface area contributed by atoms with Crippen LogP contribution in [0, 0.1) is 11.3 Å². The normalized spacial score (nSPS) is 7.14. The summed E-state index contributed by atoms with van der Waals surface area (Å²) >= 11 is 10.4. The molecule has 0 aliphatic carbocycles. The van der Waals surface area contributed by atoms with E-state index in [4.69, 9.17) is 23.2 Å². The quantitative estimate of drug-likeness (QED) is 0.311. The molecule has 0 aromatic heterocycles. The van der Waals surface area contributed by atoms with Crippen LogP contribution in [0.5, 0.6) is 0 Å². The van der Waals surface area contributed by atoms with Gasteiger partial charge in [0.05, 0.1) is 0 Å². The molecule has 0 heterocycles. The molecule has 0 N–H and O–H groups in total. The van der Waals surface area contributed by atoms with Crippen molar-refractivity contribution in [2.75, 3.05) is 5.88 Å². The molecule has 0 saturated carbocycles. The zero-order valence-corrected chi connectivity index (χ0v) is 5.39. The lowest BCUT2D eigenvalue weighted by Crippen LogP contribution is -1.68. The van der Waals surface area contributed by atoms with Crippen LogP contribution in [0.2, 0.25) is 0 Å². The second-order valence-corrected chi connectivity index (χ2v) is 1.63.